The maximum absolute atomic E-state index is 12.0. The fraction of sp³-hybridized carbons (Fsp3) is 0.833. The number of ether oxygens (including phenoxy) is 1. The van der Waals surface area contributed by atoms with Gasteiger partial charge in [-0.2, -0.15) is 13.2 Å². The van der Waals surface area contributed by atoms with Crippen molar-refractivity contribution in [3.05, 3.63) is 0 Å². The fourth-order valence-electron chi connectivity index (χ4n) is 2.03. The molecule has 4 nitrogen and oxygen atoms in total. The number of rotatable bonds is 4. The number of amides is 1. The molecule has 110 valence electrons. The van der Waals surface area contributed by atoms with Crippen LogP contribution in [0.15, 0.2) is 0 Å². The van der Waals surface area contributed by atoms with Gasteiger partial charge in [0.15, 0.2) is 0 Å². The second-order valence-electron chi connectivity index (χ2n) is 4.52. The first-order chi connectivity index (χ1) is 8.83. The lowest BCUT2D eigenvalue weighted by molar-refractivity contribution is -0.153. The van der Waals surface area contributed by atoms with Crippen LogP contribution >= 0.6 is 0 Å². The Morgan fingerprint density at radius 2 is 1.84 bits per heavy atom. The molecule has 1 saturated heterocycles. The minimum atomic E-state index is -4.31. The molecular weight excluding hydrogens is 263 g/mol. The van der Waals surface area contributed by atoms with E-state index in [0.29, 0.717) is 32.5 Å². The summed E-state index contributed by atoms with van der Waals surface area (Å²) in [5, 5.41) is 0. The van der Waals surface area contributed by atoms with E-state index in [1.165, 1.54) is 4.90 Å². The predicted octanol–water partition coefficient (Wildman–Crippen LogP) is 2.13. The standard InChI is InChI=1S/C12H18F3NO3/c1-2-19-11(18)9-4-7-16(8-5-9)10(17)3-6-12(13,14)15/h9H,2-8H2,1H3. The summed E-state index contributed by atoms with van der Waals surface area (Å²) in [7, 11) is 0. The molecule has 0 aromatic heterocycles. The Morgan fingerprint density at radius 3 is 2.32 bits per heavy atom. The first-order valence-corrected chi connectivity index (χ1v) is 6.34. The van der Waals surface area contributed by atoms with E-state index in [2.05, 4.69) is 0 Å². The minimum absolute atomic E-state index is 0.244. The number of hydrogen-bond acceptors (Lipinski definition) is 3. The molecule has 0 aromatic rings. The van der Waals surface area contributed by atoms with Gasteiger partial charge in [-0.05, 0) is 19.8 Å². The summed E-state index contributed by atoms with van der Waals surface area (Å²) < 4.78 is 40.9. The Labute approximate surface area is 109 Å². The zero-order valence-electron chi connectivity index (χ0n) is 10.8. The van der Waals surface area contributed by atoms with Crippen molar-refractivity contribution in [1.82, 2.24) is 4.90 Å². The van der Waals surface area contributed by atoms with Crippen molar-refractivity contribution >= 4 is 11.9 Å². The van der Waals surface area contributed by atoms with E-state index in [1.807, 2.05) is 0 Å². The number of carbonyl (C=O) groups is 2. The number of piperidine rings is 1. The Bertz CT molecular complexity index is 323. The minimum Gasteiger partial charge on any atom is -0.466 e. The molecule has 0 spiro atoms. The molecular formula is C12H18F3NO3. The van der Waals surface area contributed by atoms with Crippen LogP contribution in [0, 0.1) is 5.92 Å². The van der Waals surface area contributed by atoms with Crippen LogP contribution in [0.3, 0.4) is 0 Å². The van der Waals surface area contributed by atoms with E-state index in [-0.39, 0.29) is 11.9 Å². The van der Waals surface area contributed by atoms with Gasteiger partial charge in [-0.1, -0.05) is 0 Å². The van der Waals surface area contributed by atoms with Crippen LogP contribution < -0.4 is 0 Å². The van der Waals surface area contributed by atoms with Gasteiger partial charge in [-0.15, -0.1) is 0 Å². The highest BCUT2D eigenvalue weighted by Crippen LogP contribution is 2.24. The molecule has 1 aliphatic heterocycles. The van der Waals surface area contributed by atoms with E-state index in [9.17, 15) is 22.8 Å². The normalized spacial score (nSPS) is 17.4. The molecule has 0 N–H and O–H groups in total. The average molecular weight is 281 g/mol. The lowest BCUT2D eigenvalue weighted by atomic mass is 9.97. The van der Waals surface area contributed by atoms with Crippen LogP contribution in [-0.4, -0.2) is 42.6 Å². The van der Waals surface area contributed by atoms with Gasteiger partial charge < -0.3 is 9.64 Å². The molecule has 0 saturated carbocycles. The molecule has 7 heteroatoms. The van der Waals surface area contributed by atoms with Crippen LogP contribution in [0.2, 0.25) is 0 Å². The molecule has 1 rings (SSSR count). The quantitative estimate of drug-likeness (QED) is 0.742. The number of halogens is 3. The van der Waals surface area contributed by atoms with Gasteiger partial charge in [0, 0.05) is 19.5 Å². The van der Waals surface area contributed by atoms with Gasteiger partial charge in [0.2, 0.25) is 5.91 Å². The monoisotopic (exact) mass is 281 g/mol. The van der Waals surface area contributed by atoms with Crippen LogP contribution in [-0.2, 0) is 14.3 Å². The predicted molar refractivity (Wildman–Crippen MR) is 61.2 cm³/mol. The topological polar surface area (TPSA) is 46.6 Å². The maximum atomic E-state index is 12.0. The third kappa shape index (κ3) is 5.48. The van der Waals surface area contributed by atoms with Gasteiger partial charge >= 0.3 is 12.1 Å². The fourth-order valence-corrected chi connectivity index (χ4v) is 2.03. The molecule has 0 aromatic carbocycles. The maximum Gasteiger partial charge on any atom is 0.389 e. The molecule has 0 bridgehead atoms. The van der Waals surface area contributed by atoms with E-state index >= 15 is 0 Å². The van der Waals surface area contributed by atoms with Crippen molar-refractivity contribution in [2.45, 2.75) is 38.8 Å². The zero-order chi connectivity index (χ0) is 14.5. The van der Waals surface area contributed by atoms with E-state index in [4.69, 9.17) is 4.74 Å². The van der Waals surface area contributed by atoms with Crippen LogP contribution in [0.1, 0.15) is 32.6 Å². The number of alkyl halides is 3. The number of hydrogen-bond donors (Lipinski definition) is 0. The Kier molecular flexibility index (Phi) is 5.62. The second kappa shape index (κ2) is 6.77. The summed E-state index contributed by atoms with van der Waals surface area (Å²) >= 11 is 0. The molecule has 19 heavy (non-hydrogen) atoms. The van der Waals surface area contributed by atoms with Crippen molar-refractivity contribution in [3.63, 3.8) is 0 Å². The van der Waals surface area contributed by atoms with Gasteiger partial charge in [0.1, 0.15) is 0 Å². The smallest absolute Gasteiger partial charge is 0.389 e. The highest BCUT2D eigenvalue weighted by molar-refractivity contribution is 5.77. The van der Waals surface area contributed by atoms with Gasteiger partial charge in [-0.3, -0.25) is 9.59 Å². The number of esters is 1. The highest BCUT2D eigenvalue weighted by atomic mass is 19.4. The van der Waals surface area contributed by atoms with Crippen LogP contribution in [0.5, 0.6) is 0 Å². The largest absolute Gasteiger partial charge is 0.466 e. The van der Waals surface area contributed by atoms with E-state index in [0.717, 1.165) is 0 Å². The molecule has 0 atom stereocenters. The summed E-state index contributed by atoms with van der Waals surface area (Å²) in [5.74, 6) is -1.03. The first kappa shape index (κ1) is 15.8. The third-order valence-electron chi connectivity index (χ3n) is 3.09. The molecule has 0 aliphatic carbocycles. The van der Waals surface area contributed by atoms with Crippen molar-refractivity contribution in [1.29, 1.82) is 0 Å². The average Bonchev–Trinajstić information content (AvgIpc) is 2.35. The number of nitrogens with zero attached hydrogens (tertiary/aromatic N) is 1. The summed E-state index contributed by atoms with van der Waals surface area (Å²) in [5.41, 5.74) is 0. The summed E-state index contributed by atoms with van der Waals surface area (Å²) in [4.78, 5) is 24.4. The molecule has 1 fully saturated rings. The molecule has 1 heterocycles. The van der Waals surface area contributed by atoms with Gasteiger partial charge in [-0.25, -0.2) is 0 Å². The SMILES string of the molecule is CCOC(=O)C1CCN(C(=O)CCC(F)(F)F)CC1. The third-order valence-corrected chi connectivity index (χ3v) is 3.09. The Hall–Kier alpha value is -1.27. The van der Waals surface area contributed by atoms with Crippen molar-refractivity contribution in [3.8, 4) is 0 Å². The first-order valence-electron chi connectivity index (χ1n) is 6.34. The number of likely N-dealkylation sites (tertiary alicyclic amines) is 1. The van der Waals surface area contributed by atoms with Crippen LogP contribution in [0.25, 0.3) is 0 Å². The van der Waals surface area contributed by atoms with Gasteiger partial charge in [0.25, 0.3) is 0 Å². The van der Waals surface area contributed by atoms with Crippen molar-refractivity contribution in [2.24, 2.45) is 5.92 Å². The summed E-state index contributed by atoms with van der Waals surface area (Å²) in [6.07, 6.45) is -5.01. The number of carbonyl (C=O) groups excluding carboxylic acids is 2. The second-order valence-corrected chi connectivity index (χ2v) is 4.52. The Morgan fingerprint density at radius 1 is 1.26 bits per heavy atom. The molecule has 0 radical (unpaired) electrons. The van der Waals surface area contributed by atoms with E-state index in [1.54, 1.807) is 6.92 Å². The summed E-state index contributed by atoms with van der Waals surface area (Å²) in [6, 6.07) is 0. The molecule has 1 aliphatic rings. The van der Waals surface area contributed by atoms with Crippen molar-refractivity contribution in [2.75, 3.05) is 19.7 Å². The van der Waals surface area contributed by atoms with E-state index < -0.39 is 24.9 Å². The summed E-state index contributed by atoms with van der Waals surface area (Å²) in [6.45, 7) is 2.66. The Balaban J connectivity index is 2.33. The van der Waals surface area contributed by atoms with Crippen LogP contribution in [0.4, 0.5) is 13.2 Å². The van der Waals surface area contributed by atoms with Gasteiger partial charge in [0.05, 0.1) is 18.9 Å². The lowest BCUT2D eigenvalue weighted by Gasteiger charge is -2.31. The highest BCUT2D eigenvalue weighted by Gasteiger charge is 2.31. The molecule has 1 amide bonds. The zero-order valence-corrected chi connectivity index (χ0v) is 10.8. The molecule has 0 unspecified atom stereocenters. The van der Waals surface area contributed by atoms with Crippen molar-refractivity contribution < 1.29 is 27.5 Å². The lowest BCUT2D eigenvalue weighted by Crippen LogP contribution is -2.40.